The molecule has 1 spiro atoms. The van der Waals surface area contributed by atoms with E-state index in [0.29, 0.717) is 5.06 Å². The smallest absolute Gasteiger partial charge is 0.362 e. The molecule has 3 aliphatic rings. The van der Waals surface area contributed by atoms with Crippen LogP contribution in [0.15, 0.2) is 12.3 Å². The number of ether oxygens (including phenoxy) is 2. The molecule has 3 rings (SSSR count). The summed E-state index contributed by atoms with van der Waals surface area (Å²) < 4.78 is 9.53. The number of carbonyl (C=O) groups excluding carboxylic acids is 4. The van der Waals surface area contributed by atoms with E-state index in [2.05, 4.69) is 4.84 Å². The van der Waals surface area contributed by atoms with Gasteiger partial charge in [0.05, 0.1) is 19.0 Å². The van der Waals surface area contributed by atoms with Crippen molar-refractivity contribution in [2.45, 2.75) is 24.2 Å². The molecule has 0 aromatic rings. The molecular formula is C10H7NO8. The SMILES string of the molecule is O=C1CC2(O)CC(=O)OC3(C=CN(O1)C3=O)OC2=O. The first-order valence-electron chi connectivity index (χ1n) is 5.26. The number of amides is 1. The lowest BCUT2D eigenvalue weighted by molar-refractivity contribution is -0.221. The van der Waals surface area contributed by atoms with E-state index in [-0.39, 0.29) is 0 Å². The summed E-state index contributed by atoms with van der Waals surface area (Å²) in [6.07, 6.45) is 0.324. The van der Waals surface area contributed by atoms with Crippen LogP contribution in [-0.2, 0) is 33.5 Å². The number of fused-ring (bicyclic) bond motifs is 3. The Labute approximate surface area is 105 Å². The average molecular weight is 269 g/mol. The zero-order valence-corrected chi connectivity index (χ0v) is 9.32. The lowest BCUT2D eigenvalue weighted by atomic mass is 9.96. The first-order chi connectivity index (χ1) is 8.85. The van der Waals surface area contributed by atoms with Crippen molar-refractivity contribution in [2.24, 2.45) is 0 Å². The number of hydroxylamine groups is 2. The van der Waals surface area contributed by atoms with Gasteiger partial charge in [0, 0.05) is 6.08 Å². The van der Waals surface area contributed by atoms with Crippen LogP contribution in [-0.4, -0.2) is 45.4 Å². The molecule has 2 saturated heterocycles. The number of hydrogen-bond donors (Lipinski definition) is 1. The molecule has 3 bridgehead atoms. The van der Waals surface area contributed by atoms with Gasteiger partial charge in [-0.15, -0.1) is 5.06 Å². The summed E-state index contributed by atoms with van der Waals surface area (Å²) in [6, 6.07) is 0. The maximum absolute atomic E-state index is 11.9. The van der Waals surface area contributed by atoms with Gasteiger partial charge in [-0.1, -0.05) is 0 Å². The topological polar surface area (TPSA) is 119 Å². The average Bonchev–Trinajstić information content (AvgIpc) is 2.53. The van der Waals surface area contributed by atoms with Crippen LogP contribution >= 0.6 is 0 Å². The van der Waals surface area contributed by atoms with Crippen LogP contribution in [0.3, 0.4) is 0 Å². The molecule has 3 aliphatic heterocycles. The van der Waals surface area contributed by atoms with Gasteiger partial charge in [-0.2, -0.15) is 0 Å². The first kappa shape index (κ1) is 11.7. The van der Waals surface area contributed by atoms with Gasteiger partial charge in [0.2, 0.25) is 0 Å². The van der Waals surface area contributed by atoms with Gasteiger partial charge in [0.25, 0.3) is 0 Å². The van der Waals surface area contributed by atoms with Crippen molar-refractivity contribution in [3.63, 3.8) is 0 Å². The van der Waals surface area contributed by atoms with Crippen LogP contribution in [0.4, 0.5) is 0 Å². The Bertz CT molecular complexity index is 554. The highest BCUT2D eigenvalue weighted by molar-refractivity contribution is 5.99. The molecule has 19 heavy (non-hydrogen) atoms. The molecule has 0 aromatic heterocycles. The van der Waals surface area contributed by atoms with Crippen molar-refractivity contribution in [2.75, 3.05) is 0 Å². The minimum atomic E-state index is -2.41. The Morgan fingerprint density at radius 3 is 2.53 bits per heavy atom. The molecule has 0 aromatic carbocycles. The second-order valence-corrected chi connectivity index (χ2v) is 4.33. The summed E-state index contributed by atoms with van der Waals surface area (Å²) in [7, 11) is 0. The predicted octanol–water partition coefficient (Wildman–Crippen LogP) is -1.88. The Hall–Kier alpha value is -2.42. The zero-order chi connectivity index (χ0) is 13.8. The summed E-state index contributed by atoms with van der Waals surface area (Å²) in [5.41, 5.74) is -2.41. The molecule has 3 heterocycles. The Morgan fingerprint density at radius 2 is 1.79 bits per heavy atom. The standard InChI is InChI=1S/C10H7NO8/c12-5-3-9(16)4-6(13)19-11-2-1-10(17-5,7(11)14)18-8(9)15/h1-2,16H,3-4H2. The highest BCUT2D eigenvalue weighted by Gasteiger charge is 2.60. The van der Waals surface area contributed by atoms with Crippen LogP contribution in [0, 0.1) is 0 Å². The predicted molar refractivity (Wildman–Crippen MR) is 51.2 cm³/mol. The lowest BCUT2D eigenvalue weighted by Crippen LogP contribution is -2.47. The highest BCUT2D eigenvalue weighted by atomic mass is 16.8. The zero-order valence-electron chi connectivity index (χ0n) is 9.32. The highest BCUT2D eigenvalue weighted by Crippen LogP contribution is 2.35. The van der Waals surface area contributed by atoms with E-state index in [1.54, 1.807) is 0 Å². The van der Waals surface area contributed by atoms with Gasteiger partial charge in [0.15, 0.2) is 5.60 Å². The number of nitrogens with zero attached hydrogens (tertiary/aromatic N) is 1. The van der Waals surface area contributed by atoms with Crippen molar-refractivity contribution in [1.82, 2.24) is 5.06 Å². The summed E-state index contributed by atoms with van der Waals surface area (Å²) >= 11 is 0. The fraction of sp³-hybridized carbons (Fsp3) is 0.400. The number of hydrogen-bond acceptors (Lipinski definition) is 8. The second kappa shape index (κ2) is 3.32. The molecule has 2 unspecified atom stereocenters. The molecule has 0 saturated carbocycles. The number of esters is 2. The fourth-order valence-corrected chi connectivity index (χ4v) is 1.97. The van der Waals surface area contributed by atoms with Gasteiger partial charge in [-0.3, -0.25) is 9.59 Å². The summed E-state index contributed by atoms with van der Waals surface area (Å²) in [5, 5.41) is 10.5. The summed E-state index contributed by atoms with van der Waals surface area (Å²) in [4.78, 5) is 51.5. The normalized spacial score (nSPS) is 37.0. The molecular weight excluding hydrogens is 262 g/mol. The van der Waals surface area contributed by atoms with Crippen molar-refractivity contribution >= 4 is 23.8 Å². The van der Waals surface area contributed by atoms with Crippen molar-refractivity contribution in [3.8, 4) is 0 Å². The third-order valence-electron chi connectivity index (χ3n) is 2.89. The van der Waals surface area contributed by atoms with Gasteiger partial charge < -0.3 is 19.4 Å². The maximum atomic E-state index is 11.9. The minimum absolute atomic E-state index is 0.486. The molecule has 1 N–H and O–H groups in total. The monoisotopic (exact) mass is 269 g/mol. The number of rotatable bonds is 0. The third kappa shape index (κ3) is 1.51. The van der Waals surface area contributed by atoms with Crippen molar-refractivity contribution in [1.29, 1.82) is 0 Å². The van der Waals surface area contributed by atoms with Gasteiger partial charge in [-0.25, -0.2) is 9.59 Å². The first-order valence-corrected chi connectivity index (χ1v) is 5.26. The molecule has 0 aliphatic carbocycles. The van der Waals surface area contributed by atoms with Gasteiger partial charge in [-0.05, 0) is 0 Å². The van der Waals surface area contributed by atoms with Gasteiger partial charge in [0.1, 0.15) is 0 Å². The Kier molecular flexibility index (Phi) is 2.04. The van der Waals surface area contributed by atoms with E-state index in [1.807, 2.05) is 0 Å². The van der Waals surface area contributed by atoms with E-state index >= 15 is 0 Å². The van der Waals surface area contributed by atoms with Crippen LogP contribution in [0.1, 0.15) is 12.8 Å². The largest absolute Gasteiger partial charge is 0.410 e. The Morgan fingerprint density at radius 1 is 1.11 bits per heavy atom. The van der Waals surface area contributed by atoms with E-state index in [1.165, 1.54) is 0 Å². The van der Waals surface area contributed by atoms with Crippen molar-refractivity contribution in [3.05, 3.63) is 12.3 Å². The molecule has 9 nitrogen and oxygen atoms in total. The fourth-order valence-electron chi connectivity index (χ4n) is 1.97. The summed E-state index contributed by atoms with van der Waals surface area (Å²) in [6.45, 7) is 0. The summed E-state index contributed by atoms with van der Waals surface area (Å²) in [5.74, 6) is -6.76. The lowest BCUT2D eigenvalue weighted by Gasteiger charge is -2.23. The quantitative estimate of drug-likeness (QED) is 0.507. The third-order valence-corrected chi connectivity index (χ3v) is 2.89. The van der Waals surface area contributed by atoms with Crippen LogP contribution in [0.25, 0.3) is 0 Å². The molecule has 9 heteroatoms. The Balaban J connectivity index is 2.16. The number of carbonyl (C=O) groups is 4. The molecule has 0 radical (unpaired) electrons. The van der Waals surface area contributed by atoms with Gasteiger partial charge >= 0.3 is 29.6 Å². The molecule has 100 valence electrons. The minimum Gasteiger partial charge on any atom is -0.410 e. The second-order valence-electron chi connectivity index (χ2n) is 4.33. The molecule has 2 fully saturated rings. The maximum Gasteiger partial charge on any atom is 0.362 e. The van der Waals surface area contributed by atoms with Crippen LogP contribution in [0.2, 0.25) is 0 Å². The molecule has 1 amide bonds. The van der Waals surface area contributed by atoms with E-state index in [0.717, 1.165) is 12.3 Å². The molecule has 2 atom stereocenters. The van der Waals surface area contributed by atoms with E-state index in [9.17, 15) is 24.3 Å². The van der Waals surface area contributed by atoms with E-state index < -0.39 is 48.0 Å². The van der Waals surface area contributed by atoms with Crippen molar-refractivity contribution < 1.29 is 38.6 Å². The van der Waals surface area contributed by atoms with Crippen LogP contribution in [0.5, 0.6) is 0 Å². The van der Waals surface area contributed by atoms with E-state index in [4.69, 9.17) is 9.47 Å². The number of aliphatic hydroxyl groups is 1. The van der Waals surface area contributed by atoms with Crippen LogP contribution < -0.4 is 0 Å².